The van der Waals surface area contributed by atoms with Gasteiger partial charge >= 0.3 is 0 Å². The first-order chi connectivity index (χ1) is 13.9. The van der Waals surface area contributed by atoms with Crippen LogP contribution in [0.1, 0.15) is 45.2 Å². The van der Waals surface area contributed by atoms with E-state index in [0.717, 1.165) is 25.9 Å². The molecule has 0 bridgehead atoms. The lowest BCUT2D eigenvalue weighted by atomic mass is 10.3. The minimum Gasteiger partial charge on any atom is -0.502 e. The molecule has 0 saturated heterocycles. The van der Waals surface area contributed by atoms with E-state index in [9.17, 15) is 0 Å². The molecular formula is C20H27Cl3N4O2. The molecule has 0 amide bonds. The second-order valence-electron chi connectivity index (χ2n) is 5.44. The van der Waals surface area contributed by atoms with Crippen molar-refractivity contribution in [3.63, 3.8) is 0 Å². The average Bonchev–Trinajstić information content (AvgIpc) is 2.72. The Labute approximate surface area is 187 Å². The zero-order valence-corrected chi connectivity index (χ0v) is 19.1. The Morgan fingerprint density at radius 2 is 1.34 bits per heavy atom. The molecule has 0 aliphatic rings. The van der Waals surface area contributed by atoms with Crippen LogP contribution < -0.4 is 0 Å². The largest absolute Gasteiger partial charge is 0.502 e. The van der Waals surface area contributed by atoms with Crippen molar-refractivity contribution in [1.82, 2.24) is 20.4 Å². The van der Waals surface area contributed by atoms with Gasteiger partial charge in [-0.25, -0.2) is 0 Å². The van der Waals surface area contributed by atoms with Crippen LogP contribution in [-0.2, 0) is 9.47 Å². The highest BCUT2D eigenvalue weighted by molar-refractivity contribution is 6.31. The van der Waals surface area contributed by atoms with Crippen LogP contribution in [0.2, 0.25) is 15.5 Å². The summed E-state index contributed by atoms with van der Waals surface area (Å²) in [7, 11) is 0. The molecule has 9 heteroatoms. The van der Waals surface area contributed by atoms with Gasteiger partial charge in [0.15, 0.2) is 15.5 Å². The normalized spacial score (nSPS) is 9.28. The summed E-state index contributed by atoms with van der Waals surface area (Å²) in [5, 5.41) is 15.6. The smallest absolute Gasteiger partial charge is 0.151 e. The topological polar surface area (TPSA) is 70.0 Å². The van der Waals surface area contributed by atoms with Crippen LogP contribution in [0, 0.1) is 0 Å². The van der Waals surface area contributed by atoms with Crippen LogP contribution in [0.5, 0.6) is 0 Å². The summed E-state index contributed by atoms with van der Waals surface area (Å²) in [5.74, 6) is 0.544. The zero-order valence-electron chi connectivity index (χ0n) is 16.8. The van der Waals surface area contributed by atoms with Gasteiger partial charge in [-0.2, -0.15) is 0 Å². The number of ether oxygens (including phenoxy) is 2. The molecular weight excluding hydrogens is 435 g/mol. The molecule has 2 aromatic rings. The van der Waals surface area contributed by atoms with Crippen LogP contribution >= 0.6 is 34.8 Å². The summed E-state index contributed by atoms with van der Waals surface area (Å²) in [4.78, 5) is 0. The molecule has 0 atom stereocenters. The standard InChI is InChI=1S/C10H13ClN2O.C6H12O.C4H2Cl2N2/c1-3-4-7-14-8(2)9-5-6-10(11)13-12-9;1-3-5-6-7-4-2;5-3-1-2-4(6)8-7-3/h5-6H,2-4,7H2,1H3;4H,2-3,5-6H2,1H3;1-2H. The van der Waals surface area contributed by atoms with Crippen molar-refractivity contribution >= 4 is 40.6 Å². The number of aromatic nitrogens is 4. The van der Waals surface area contributed by atoms with Crippen LogP contribution in [0.3, 0.4) is 0 Å². The van der Waals surface area contributed by atoms with Crippen LogP contribution in [0.15, 0.2) is 43.7 Å². The highest BCUT2D eigenvalue weighted by Crippen LogP contribution is 2.12. The first-order valence-corrected chi connectivity index (χ1v) is 10.3. The van der Waals surface area contributed by atoms with Gasteiger partial charge in [0.1, 0.15) is 11.5 Å². The first-order valence-electron chi connectivity index (χ1n) is 9.13. The molecule has 2 rings (SSSR count). The third-order valence-corrected chi connectivity index (χ3v) is 3.63. The van der Waals surface area contributed by atoms with Gasteiger partial charge in [-0.05, 0) is 37.1 Å². The molecule has 160 valence electrons. The Morgan fingerprint density at radius 1 is 0.862 bits per heavy atom. The summed E-state index contributed by atoms with van der Waals surface area (Å²) in [6.07, 6.45) is 5.91. The second-order valence-corrected chi connectivity index (χ2v) is 6.60. The fourth-order valence-electron chi connectivity index (χ4n) is 1.49. The van der Waals surface area contributed by atoms with E-state index >= 15 is 0 Å². The number of hydrogen-bond donors (Lipinski definition) is 0. The Morgan fingerprint density at radius 3 is 1.76 bits per heavy atom. The van der Waals surface area contributed by atoms with Crippen molar-refractivity contribution in [3.05, 3.63) is 64.8 Å². The fraction of sp³-hybridized carbons (Fsp3) is 0.400. The fourth-order valence-corrected chi connectivity index (χ4v) is 1.79. The van der Waals surface area contributed by atoms with Crippen molar-refractivity contribution < 1.29 is 9.47 Å². The van der Waals surface area contributed by atoms with E-state index in [1.54, 1.807) is 24.3 Å². The molecule has 6 nitrogen and oxygen atoms in total. The Kier molecular flexibility index (Phi) is 17.0. The third kappa shape index (κ3) is 15.7. The van der Waals surface area contributed by atoms with Gasteiger partial charge in [-0.3, -0.25) is 0 Å². The number of nitrogens with zero attached hydrogens (tertiary/aromatic N) is 4. The van der Waals surface area contributed by atoms with E-state index in [2.05, 4.69) is 47.4 Å². The number of unbranched alkanes of at least 4 members (excludes halogenated alkanes) is 2. The maximum absolute atomic E-state index is 5.60. The van der Waals surface area contributed by atoms with Crippen molar-refractivity contribution in [2.45, 2.75) is 39.5 Å². The summed E-state index contributed by atoms with van der Waals surface area (Å²) in [6, 6.07) is 6.57. The molecule has 0 spiro atoms. The third-order valence-electron chi connectivity index (χ3n) is 3.02. The van der Waals surface area contributed by atoms with Gasteiger partial charge in [0.25, 0.3) is 0 Å². The predicted octanol–water partition coefficient (Wildman–Crippen LogP) is 6.65. The molecule has 2 heterocycles. The lowest BCUT2D eigenvalue weighted by molar-refractivity contribution is 0.245. The zero-order chi connectivity index (χ0) is 21.9. The SMILES string of the molecule is C=C(OCCCC)c1ccc(Cl)nn1.C=COCCCC.Clc1ccc(Cl)nn1. The molecule has 0 saturated carbocycles. The summed E-state index contributed by atoms with van der Waals surface area (Å²) < 4.78 is 10.2. The van der Waals surface area contributed by atoms with E-state index in [-0.39, 0.29) is 0 Å². The monoisotopic (exact) mass is 460 g/mol. The summed E-state index contributed by atoms with van der Waals surface area (Å²) in [6.45, 7) is 12.9. The van der Waals surface area contributed by atoms with E-state index in [1.165, 1.54) is 12.7 Å². The van der Waals surface area contributed by atoms with Crippen LogP contribution in [-0.4, -0.2) is 33.6 Å². The molecule has 0 unspecified atom stereocenters. The van der Waals surface area contributed by atoms with Crippen molar-refractivity contribution in [2.24, 2.45) is 0 Å². The van der Waals surface area contributed by atoms with Crippen LogP contribution in [0.25, 0.3) is 5.76 Å². The lowest BCUT2D eigenvalue weighted by Crippen LogP contribution is -1.97. The number of hydrogen-bond acceptors (Lipinski definition) is 6. The van der Waals surface area contributed by atoms with E-state index in [0.29, 0.717) is 33.5 Å². The Bertz CT molecular complexity index is 662. The molecule has 0 radical (unpaired) electrons. The summed E-state index contributed by atoms with van der Waals surface area (Å²) >= 11 is 16.4. The second kappa shape index (κ2) is 18.2. The highest BCUT2D eigenvalue weighted by Gasteiger charge is 2.01. The van der Waals surface area contributed by atoms with Crippen molar-refractivity contribution in [3.8, 4) is 0 Å². The first kappa shape index (κ1) is 27.1. The van der Waals surface area contributed by atoms with E-state index in [1.807, 2.05) is 0 Å². The maximum Gasteiger partial charge on any atom is 0.151 e. The molecule has 0 aliphatic heterocycles. The van der Waals surface area contributed by atoms with Gasteiger partial charge in [-0.1, -0.05) is 74.6 Å². The summed E-state index contributed by atoms with van der Waals surface area (Å²) in [5.41, 5.74) is 0.630. The number of halogens is 3. The molecule has 0 aromatic carbocycles. The predicted molar refractivity (Wildman–Crippen MR) is 120 cm³/mol. The molecule has 0 fully saturated rings. The Balaban J connectivity index is 0.000000444. The molecule has 2 aromatic heterocycles. The number of rotatable bonds is 9. The van der Waals surface area contributed by atoms with Gasteiger partial charge in [-0.15, -0.1) is 20.4 Å². The maximum atomic E-state index is 5.60. The molecule has 0 aliphatic carbocycles. The van der Waals surface area contributed by atoms with Gasteiger partial charge < -0.3 is 9.47 Å². The van der Waals surface area contributed by atoms with Gasteiger partial charge in [0, 0.05) is 0 Å². The van der Waals surface area contributed by atoms with Gasteiger partial charge in [0.2, 0.25) is 0 Å². The highest BCUT2D eigenvalue weighted by atomic mass is 35.5. The Hall–Kier alpha value is -1.89. The average molecular weight is 462 g/mol. The van der Waals surface area contributed by atoms with E-state index in [4.69, 9.17) is 44.3 Å². The van der Waals surface area contributed by atoms with Crippen molar-refractivity contribution in [2.75, 3.05) is 13.2 Å². The van der Waals surface area contributed by atoms with Gasteiger partial charge in [0.05, 0.1) is 19.5 Å². The molecule has 0 N–H and O–H groups in total. The molecule has 29 heavy (non-hydrogen) atoms. The minimum absolute atomic E-state index is 0.356. The minimum atomic E-state index is 0.356. The van der Waals surface area contributed by atoms with Crippen molar-refractivity contribution in [1.29, 1.82) is 0 Å². The van der Waals surface area contributed by atoms with E-state index < -0.39 is 0 Å². The van der Waals surface area contributed by atoms with Crippen LogP contribution in [0.4, 0.5) is 0 Å². The lowest BCUT2D eigenvalue weighted by Gasteiger charge is -2.06. The quantitative estimate of drug-likeness (QED) is 0.307.